The third-order valence-electron chi connectivity index (χ3n) is 2.67. The van der Waals surface area contributed by atoms with E-state index in [2.05, 4.69) is 6.07 Å². The van der Waals surface area contributed by atoms with Gasteiger partial charge >= 0.3 is 0 Å². The van der Waals surface area contributed by atoms with Crippen LogP contribution in [0.5, 0.6) is 0 Å². The molecule has 0 heterocycles. The minimum atomic E-state index is -0.467. The predicted molar refractivity (Wildman–Crippen MR) is 78.0 cm³/mol. The second-order valence-electron chi connectivity index (χ2n) is 4.03. The highest BCUT2D eigenvalue weighted by atomic mass is 35.5. The Labute approximate surface area is 120 Å². The lowest BCUT2D eigenvalue weighted by Crippen LogP contribution is -1.88. The van der Waals surface area contributed by atoms with Crippen LogP contribution in [0, 0.1) is 21.4 Å². The van der Waals surface area contributed by atoms with E-state index in [9.17, 15) is 15.4 Å². The Bertz CT molecular complexity index is 715. The van der Waals surface area contributed by atoms with Gasteiger partial charge in [0.25, 0.3) is 5.69 Å². The molecule has 0 spiro atoms. The van der Waals surface area contributed by atoms with Gasteiger partial charge in [0.1, 0.15) is 0 Å². The lowest BCUT2D eigenvalue weighted by atomic mass is 10.0. The quantitative estimate of drug-likeness (QED) is 0.365. The van der Waals surface area contributed by atoms with Crippen molar-refractivity contribution >= 4 is 28.9 Å². The summed E-state index contributed by atoms with van der Waals surface area (Å²) in [5, 5.41) is 20.5. The van der Waals surface area contributed by atoms with Crippen LogP contribution in [0.15, 0.2) is 48.5 Å². The number of benzene rings is 2. The van der Waals surface area contributed by atoms with Gasteiger partial charge in [-0.15, -0.1) is 0 Å². The van der Waals surface area contributed by atoms with Crippen molar-refractivity contribution in [1.82, 2.24) is 0 Å². The van der Waals surface area contributed by atoms with Gasteiger partial charge in [0, 0.05) is 17.2 Å². The Morgan fingerprint density at radius 3 is 2.55 bits per heavy atom. The molecular weight excluding hydrogens is 276 g/mol. The summed E-state index contributed by atoms with van der Waals surface area (Å²) < 4.78 is 0. The summed E-state index contributed by atoms with van der Waals surface area (Å²) in [6, 6.07) is 15.0. The van der Waals surface area contributed by atoms with Gasteiger partial charge in [0.05, 0.1) is 16.6 Å². The molecule has 0 amide bonds. The summed E-state index contributed by atoms with van der Waals surface area (Å²) in [4.78, 5) is 10.3. The van der Waals surface area contributed by atoms with Crippen molar-refractivity contribution in [2.24, 2.45) is 0 Å². The van der Waals surface area contributed by atoms with Gasteiger partial charge in [-0.3, -0.25) is 10.1 Å². The number of rotatable bonds is 3. The molecule has 0 atom stereocenters. The normalized spacial score (nSPS) is 10.9. The van der Waals surface area contributed by atoms with E-state index in [1.54, 1.807) is 42.5 Å². The third kappa shape index (κ3) is 3.22. The first kappa shape index (κ1) is 13.8. The van der Waals surface area contributed by atoms with Crippen LogP contribution in [0.25, 0.3) is 11.6 Å². The SMILES string of the molecule is N#C/C(=C\c1cccc([N+](=O)[O-])c1)c1ccc(Cl)cc1. The van der Waals surface area contributed by atoms with Gasteiger partial charge in [0.15, 0.2) is 0 Å². The molecule has 2 rings (SSSR count). The van der Waals surface area contributed by atoms with E-state index < -0.39 is 4.92 Å². The Hall–Kier alpha value is -2.64. The molecule has 2 aromatic carbocycles. The van der Waals surface area contributed by atoms with E-state index in [-0.39, 0.29) is 5.69 Å². The maximum atomic E-state index is 10.7. The topological polar surface area (TPSA) is 66.9 Å². The fourth-order valence-corrected chi connectivity index (χ4v) is 1.83. The molecule has 0 bridgehead atoms. The molecule has 0 saturated carbocycles. The molecule has 0 unspecified atom stereocenters. The molecule has 2 aromatic rings. The largest absolute Gasteiger partial charge is 0.270 e. The highest BCUT2D eigenvalue weighted by molar-refractivity contribution is 6.30. The zero-order chi connectivity index (χ0) is 14.5. The molecule has 0 saturated heterocycles. The van der Waals surface area contributed by atoms with Crippen molar-refractivity contribution in [2.75, 3.05) is 0 Å². The first-order valence-corrected chi connectivity index (χ1v) is 6.10. The second kappa shape index (κ2) is 6.00. The molecule has 0 aliphatic heterocycles. The van der Waals surface area contributed by atoms with Crippen LogP contribution < -0.4 is 0 Å². The van der Waals surface area contributed by atoms with E-state index in [1.807, 2.05) is 0 Å². The zero-order valence-corrected chi connectivity index (χ0v) is 11.0. The van der Waals surface area contributed by atoms with Gasteiger partial charge in [0.2, 0.25) is 0 Å². The van der Waals surface area contributed by atoms with E-state index in [0.717, 1.165) is 0 Å². The summed E-state index contributed by atoms with van der Waals surface area (Å²) in [6.45, 7) is 0. The van der Waals surface area contributed by atoms with Gasteiger partial charge < -0.3 is 0 Å². The highest BCUT2D eigenvalue weighted by Gasteiger charge is 2.06. The minimum absolute atomic E-state index is 0.00727. The van der Waals surface area contributed by atoms with Gasteiger partial charge in [-0.2, -0.15) is 5.26 Å². The Kier molecular flexibility index (Phi) is 4.14. The van der Waals surface area contributed by atoms with Gasteiger partial charge in [-0.25, -0.2) is 0 Å². The number of hydrogen-bond donors (Lipinski definition) is 0. The number of nitriles is 1. The minimum Gasteiger partial charge on any atom is -0.258 e. The van der Waals surface area contributed by atoms with Gasteiger partial charge in [-0.1, -0.05) is 35.9 Å². The fraction of sp³-hybridized carbons (Fsp3) is 0. The summed E-state index contributed by atoms with van der Waals surface area (Å²) >= 11 is 5.80. The number of hydrogen-bond acceptors (Lipinski definition) is 3. The molecule has 4 nitrogen and oxygen atoms in total. The highest BCUT2D eigenvalue weighted by Crippen LogP contribution is 2.21. The maximum absolute atomic E-state index is 10.7. The molecular formula is C15H9ClN2O2. The van der Waals surface area contributed by atoms with Crippen molar-refractivity contribution in [3.63, 3.8) is 0 Å². The number of nitro benzene ring substituents is 1. The van der Waals surface area contributed by atoms with Crippen LogP contribution in [0.4, 0.5) is 5.69 Å². The lowest BCUT2D eigenvalue weighted by Gasteiger charge is -2.00. The Morgan fingerprint density at radius 1 is 1.25 bits per heavy atom. The number of nitrogens with zero attached hydrogens (tertiary/aromatic N) is 2. The number of allylic oxidation sites excluding steroid dienone is 1. The van der Waals surface area contributed by atoms with Crippen LogP contribution in [0.2, 0.25) is 5.02 Å². The molecule has 0 aliphatic carbocycles. The zero-order valence-electron chi connectivity index (χ0n) is 10.3. The Morgan fingerprint density at radius 2 is 1.95 bits per heavy atom. The van der Waals surface area contributed by atoms with Crippen molar-refractivity contribution in [3.05, 3.63) is 74.8 Å². The van der Waals surface area contributed by atoms with Gasteiger partial charge in [-0.05, 0) is 29.3 Å². The monoisotopic (exact) mass is 284 g/mol. The lowest BCUT2D eigenvalue weighted by molar-refractivity contribution is -0.384. The van der Waals surface area contributed by atoms with E-state index >= 15 is 0 Å². The summed E-state index contributed by atoms with van der Waals surface area (Å²) in [6.07, 6.45) is 1.61. The van der Waals surface area contributed by atoms with Crippen molar-refractivity contribution in [3.8, 4) is 6.07 Å². The van der Waals surface area contributed by atoms with E-state index in [0.29, 0.717) is 21.7 Å². The standard InChI is InChI=1S/C15H9ClN2O2/c16-14-6-4-12(5-7-14)13(10-17)8-11-2-1-3-15(9-11)18(19)20/h1-9H/b13-8+. The number of nitro groups is 1. The number of non-ortho nitro benzene ring substituents is 1. The molecule has 0 aromatic heterocycles. The smallest absolute Gasteiger partial charge is 0.258 e. The molecule has 0 fully saturated rings. The molecule has 0 N–H and O–H groups in total. The van der Waals surface area contributed by atoms with E-state index in [1.165, 1.54) is 12.1 Å². The molecule has 98 valence electrons. The fourth-order valence-electron chi connectivity index (χ4n) is 1.70. The summed E-state index contributed by atoms with van der Waals surface area (Å²) in [7, 11) is 0. The van der Waals surface area contributed by atoms with Crippen molar-refractivity contribution < 1.29 is 4.92 Å². The van der Waals surface area contributed by atoms with Crippen LogP contribution in [-0.2, 0) is 0 Å². The second-order valence-corrected chi connectivity index (χ2v) is 4.47. The maximum Gasteiger partial charge on any atom is 0.270 e. The molecule has 20 heavy (non-hydrogen) atoms. The first-order chi connectivity index (χ1) is 9.60. The summed E-state index contributed by atoms with van der Waals surface area (Å²) in [5.41, 5.74) is 1.73. The van der Waals surface area contributed by atoms with Crippen molar-refractivity contribution in [1.29, 1.82) is 5.26 Å². The van der Waals surface area contributed by atoms with Crippen LogP contribution in [-0.4, -0.2) is 4.92 Å². The van der Waals surface area contributed by atoms with Crippen LogP contribution in [0.1, 0.15) is 11.1 Å². The molecule has 0 radical (unpaired) electrons. The first-order valence-electron chi connectivity index (χ1n) is 5.72. The van der Waals surface area contributed by atoms with Crippen molar-refractivity contribution in [2.45, 2.75) is 0 Å². The average Bonchev–Trinajstić information content (AvgIpc) is 2.46. The Balaban J connectivity index is 2.41. The third-order valence-corrected chi connectivity index (χ3v) is 2.92. The van der Waals surface area contributed by atoms with E-state index in [4.69, 9.17) is 11.6 Å². The average molecular weight is 285 g/mol. The summed E-state index contributed by atoms with van der Waals surface area (Å²) in [5.74, 6) is 0. The molecule has 5 heteroatoms. The molecule has 0 aliphatic rings. The van der Waals surface area contributed by atoms with Crippen LogP contribution >= 0.6 is 11.6 Å². The van der Waals surface area contributed by atoms with Crippen LogP contribution in [0.3, 0.4) is 0 Å². The predicted octanol–water partition coefficient (Wildman–Crippen LogP) is 4.31. The number of halogens is 1.